The molecule has 0 aromatic carbocycles. The van der Waals surface area contributed by atoms with Crippen molar-refractivity contribution in [3.05, 3.63) is 0 Å². The minimum Gasteiger partial charge on any atom is -0.105 e. The van der Waals surface area contributed by atoms with Crippen molar-refractivity contribution in [1.82, 2.24) is 0 Å². The lowest BCUT2D eigenvalue weighted by Crippen LogP contribution is -2.53. The third kappa shape index (κ3) is 2.17. The number of thioether (sulfide) groups is 6. The zero-order chi connectivity index (χ0) is 11.7. The molecule has 0 unspecified atom stereocenters. The monoisotopic (exact) mass is 456 g/mol. The summed E-state index contributed by atoms with van der Waals surface area (Å²) in [4.78, 5) is 0. The van der Waals surface area contributed by atoms with Gasteiger partial charge in [-0.05, 0) is 13.8 Å². The first-order chi connectivity index (χ1) is 7.36. The Morgan fingerprint density at radius 1 is 0.688 bits per heavy atom. The van der Waals surface area contributed by atoms with Gasteiger partial charge in [0.05, 0.1) is 0 Å². The minimum atomic E-state index is 0.305. The van der Waals surface area contributed by atoms with Crippen molar-refractivity contribution in [3.8, 4) is 0 Å². The highest BCUT2D eigenvalue weighted by Crippen LogP contribution is 2.88. The van der Waals surface area contributed by atoms with Crippen molar-refractivity contribution in [1.29, 1.82) is 0 Å². The Morgan fingerprint density at radius 2 is 1.06 bits per heavy atom. The first-order valence-corrected chi connectivity index (χ1v) is 11.8. The maximum absolute atomic E-state index is 3.73. The number of alkyl halides is 2. The summed E-state index contributed by atoms with van der Waals surface area (Å²) in [7, 11) is 0. The molecule has 0 radical (unpaired) electrons. The molecule has 0 saturated carbocycles. The molecule has 0 spiro atoms. The van der Waals surface area contributed by atoms with Gasteiger partial charge in [0.1, 0.15) is 13.6 Å². The number of halogens is 2. The second-order valence-electron chi connectivity index (χ2n) is 3.97. The maximum atomic E-state index is 3.73. The molecular formula is C8H10Br2S6. The van der Waals surface area contributed by atoms with E-state index >= 15 is 0 Å². The van der Waals surface area contributed by atoms with Crippen LogP contribution in [0.15, 0.2) is 0 Å². The lowest BCUT2D eigenvalue weighted by molar-refractivity contribution is 1.11. The summed E-state index contributed by atoms with van der Waals surface area (Å²) >= 11 is 20.3. The molecule has 4 aliphatic heterocycles. The van der Waals surface area contributed by atoms with E-state index in [0.29, 0.717) is 13.6 Å². The SMILES string of the molecule is CC12SC3(C)SC(CBr)(S1)SC(CBr)(S2)S3. The smallest absolute Gasteiger partial charge is 0.105 e. The van der Waals surface area contributed by atoms with Gasteiger partial charge in [-0.15, -0.1) is 70.6 Å². The third-order valence-electron chi connectivity index (χ3n) is 2.37. The predicted octanol–water partition coefficient (Wildman–Crippen LogP) is 5.87. The van der Waals surface area contributed by atoms with Crippen LogP contribution < -0.4 is 0 Å². The van der Waals surface area contributed by atoms with Gasteiger partial charge in [0.25, 0.3) is 0 Å². The average molecular weight is 458 g/mol. The van der Waals surface area contributed by atoms with Crippen LogP contribution in [0, 0.1) is 0 Å². The molecule has 0 amide bonds. The zero-order valence-electron chi connectivity index (χ0n) is 8.62. The van der Waals surface area contributed by atoms with Gasteiger partial charge in [0.15, 0.2) is 0 Å². The van der Waals surface area contributed by atoms with Gasteiger partial charge in [-0.3, -0.25) is 0 Å². The quantitative estimate of drug-likeness (QED) is 0.472. The summed E-state index contributed by atoms with van der Waals surface area (Å²) in [6, 6.07) is 0. The third-order valence-corrected chi connectivity index (χ3v) is 17.2. The molecule has 0 nitrogen and oxygen atoms in total. The highest BCUT2D eigenvalue weighted by Gasteiger charge is 2.69. The molecule has 0 atom stereocenters. The van der Waals surface area contributed by atoms with Crippen LogP contribution in [0.2, 0.25) is 0 Å². The van der Waals surface area contributed by atoms with Gasteiger partial charge >= 0.3 is 0 Å². The molecule has 4 bridgehead atoms. The van der Waals surface area contributed by atoms with Crippen molar-refractivity contribution < 1.29 is 0 Å². The maximum Gasteiger partial charge on any atom is 0.123 e. The highest BCUT2D eigenvalue weighted by molar-refractivity contribution is 9.10. The Bertz CT molecular complexity index is 292. The van der Waals surface area contributed by atoms with Crippen molar-refractivity contribution >= 4 is 102 Å². The van der Waals surface area contributed by atoms with E-state index in [4.69, 9.17) is 0 Å². The van der Waals surface area contributed by atoms with Gasteiger partial charge in [-0.25, -0.2) is 0 Å². The van der Waals surface area contributed by atoms with E-state index in [1.54, 1.807) is 0 Å². The lowest BCUT2D eigenvalue weighted by Gasteiger charge is -2.65. The highest BCUT2D eigenvalue weighted by atomic mass is 79.9. The summed E-state index contributed by atoms with van der Waals surface area (Å²) in [5.41, 5.74) is 0. The van der Waals surface area contributed by atoms with E-state index in [2.05, 4.69) is 116 Å². The molecule has 4 aliphatic rings. The molecule has 92 valence electrons. The first kappa shape index (κ1) is 14.0. The second-order valence-corrected chi connectivity index (χ2v) is 18.5. The fraction of sp³-hybridized carbons (Fsp3) is 1.00. The van der Waals surface area contributed by atoms with Crippen molar-refractivity contribution in [3.63, 3.8) is 0 Å². The average Bonchev–Trinajstić information content (AvgIpc) is 2.12. The fourth-order valence-electron chi connectivity index (χ4n) is 2.12. The van der Waals surface area contributed by atoms with E-state index in [1.165, 1.54) is 0 Å². The summed E-state index contributed by atoms with van der Waals surface area (Å²) in [5.74, 6) is 0. The van der Waals surface area contributed by atoms with Crippen molar-refractivity contribution in [2.24, 2.45) is 0 Å². The second kappa shape index (κ2) is 4.28. The molecule has 0 aromatic rings. The molecule has 4 rings (SSSR count). The fourth-order valence-corrected chi connectivity index (χ4v) is 24.8. The van der Waals surface area contributed by atoms with Crippen LogP contribution in [0.3, 0.4) is 0 Å². The Balaban J connectivity index is 2.06. The molecular weight excluding hydrogens is 448 g/mol. The standard InChI is InChI=1S/C8H10Br2S6/c1-5-11-6(2)14-7(3-9,12-5)16-8(4-10,13-5)15-6/h3-4H2,1-2H3. The summed E-state index contributed by atoms with van der Waals surface area (Å²) in [5, 5.41) is 2.14. The lowest BCUT2D eigenvalue weighted by atomic mass is 10.9. The van der Waals surface area contributed by atoms with Crippen LogP contribution in [0.5, 0.6) is 0 Å². The predicted molar refractivity (Wildman–Crippen MR) is 95.4 cm³/mol. The minimum absolute atomic E-state index is 0.305. The van der Waals surface area contributed by atoms with Gasteiger partial charge in [-0.2, -0.15) is 0 Å². The Morgan fingerprint density at radius 3 is 1.38 bits per heavy atom. The van der Waals surface area contributed by atoms with Gasteiger partial charge in [-0.1, -0.05) is 31.9 Å². The van der Waals surface area contributed by atoms with Crippen LogP contribution >= 0.6 is 102 Å². The molecule has 8 heteroatoms. The molecule has 0 aromatic heterocycles. The van der Waals surface area contributed by atoms with E-state index < -0.39 is 0 Å². The van der Waals surface area contributed by atoms with Crippen LogP contribution in [0.25, 0.3) is 0 Å². The topological polar surface area (TPSA) is 0 Å². The molecule has 4 heterocycles. The first-order valence-electron chi connectivity index (χ1n) is 4.69. The van der Waals surface area contributed by atoms with E-state index in [1.807, 2.05) is 0 Å². The van der Waals surface area contributed by atoms with Crippen LogP contribution in [-0.4, -0.2) is 24.3 Å². The van der Waals surface area contributed by atoms with E-state index in [9.17, 15) is 0 Å². The molecule has 4 fully saturated rings. The normalized spacial score (nSPS) is 59.2. The Hall–Kier alpha value is 3.06. The number of hydrogen-bond acceptors (Lipinski definition) is 6. The number of rotatable bonds is 2. The largest absolute Gasteiger partial charge is 0.123 e. The summed E-state index contributed by atoms with van der Waals surface area (Å²) in [6.45, 7) is 4.80. The van der Waals surface area contributed by atoms with Crippen LogP contribution in [0.4, 0.5) is 0 Å². The van der Waals surface area contributed by atoms with Gasteiger partial charge in [0.2, 0.25) is 0 Å². The van der Waals surface area contributed by atoms with Crippen molar-refractivity contribution in [2.75, 3.05) is 10.7 Å². The Labute approximate surface area is 139 Å². The Kier molecular flexibility index (Phi) is 3.75. The van der Waals surface area contributed by atoms with Crippen LogP contribution in [0.1, 0.15) is 13.8 Å². The molecule has 0 N–H and O–H groups in total. The molecule has 16 heavy (non-hydrogen) atoms. The summed E-state index contributed by atoms with van der Waals surface area (Å²) in [6.07, 6.45) is 0. The zero-order valence-corrected chi connectivity index (χ0v) is 16.7. The van der Waals surface area contributed by atoms with Crippen LogP contribution in [-0.2, 0) is 0 Å². The molecule has 4 saturated heterocycles. The van der Waals surface area contributed by atoms with Crippen molar-refractivity contribution in [2.45, 2.75) is 27.5 Å². The number of hydrogen-bond donors (Lipinski definition) is 0. The molecule has 0 aliphatic carbocycles. The van der Waals surface area contributed by atoms with E-state index in [-0.39, 0.29) is 0 Å². The van der Waals surface area contributed by atoms with Gasteiger partial charge < -0.3 is 0 Å². The van der Waals surface area contributed by atoms with Gasteiger partial charge in [0, 0.05) is 10.7 Å². The summed E-state index contributed by atoms with van der Waals surface area (Å²) < 4.78 is 1.24. The van der Waals surface area contributed by atoms with E-state index in [0.717, 1.165) is 10.7 Å².